The molecule has 1 atom stereocenters. The van der Waals surface area contributed by atoms with Crippen LogP contribution in [0, 0.1) is 0 Å². The summed E-state index contributed by atoms with van der Waals surface area (Å²) in [5, 5.41) is 10.9. The summed E-state index contributed by atoms with van der Waals surface area (Å²) in [6, 6.07) is -1.60. The topological polar surface area (TPSA) is 72.9 Å². The molecule has 0 bridgehead atoms. The van der Waals surface area contributed by atoms with Crippen molar-refractivity contribution < 1.29 is 27.9 Å². The first-order chi connectivity index (χ1) is 8.69. The summed E-state index contributed by atoms with van der Waals surface area (Å²) in [6.07, 6.45) is -4.25. The van der Waals surface area contributed by atoms with Crippen molar-refractivity contribution in [2.24, 2.45) is 0 Å². The summed E-state index contributed by atoms with van der Waals surface area (Å²) in [4.78, 5) is 24.7. The molecule has 9 heteroatoms. The number of hydrogen-bond acceptors (Lipinski definition) is 3. The normalized spacial score (nSPS) is 19.1. The van der Waals surface area contributed by atoms with Gasteiger partial charge in [-0.15, -0.1) is 0 Å². The summed E-state index contributed by atoms with van der Waals surface area (Å²) in [5.41, 5.74) is 0. The van der Waals surface area contributed by atoms with E-state index in [1.807, 2.05) is 0 Å². The lowest BCUT2D eigenvalue weighted by Gasteiger charge is -2.35. The van der Waals surface area contributed by atoms with Gasteiger partial charge in [0, 0.05) is 26.2 Å². The van der Waals surface area contributed by atoms with Crippen molar-refractivity contribution in [3.63, 3.8) is 0 Å². The number of aliphatic carboxylic acids is 1. The van der Waals surface area contributed by atoms with Gasteiger partial charge in [0.15, 0.2) is 0 Å². The molecule has 0 spiro atoms. The van der Waals surface area contributed by atoms with Gasteiger partial charge < -0.3 is 15.3 Å². The highest BCUT2D eigenvalue weighted by Crippen LogP contribution is 2.17. The van der Waals surface area contributed by atoms with E-state index < -0.39 is 30.8 Å². The number of alkyl halides is 3. The first-order valence-electron chi connectivity index (χ1n) is 5.76. The highest BCUT2D eigenvalue weighted by molar-refractivity contribution is 5.82. The molecule has 1 aliphatic heterocycles. The van der Waals surface area contributed by atoms with Crippen molar-refractivity contribution in [1.29, 1.82) is 0 Å². The molecule has 0 aromatic rings. The van der Waals surface area contributed by atoms with Crippen LogP contribution < -0.4 is 5.32 Å². The molecule has 2 N–H and O–H groups in total. The Bertz CT molecular complexity index is 341. The van der Waals surface area contributed by atoms with Gasteiger partial charge in [-0.2, -0.15) is 13.2 Å². The molecule has 0 aliphatic carbocycles. The van der Waals surface area contributed by atoms with Gasteiger partial charge in [-0.1, -0.05) is 0 Å². The maximum Gasteiger partial charge on any atom is 0.401 e. The van der Waals surface area contributed by atoms with Crippen LogP contribution in [0.2, 0.25) is 0 Å². The average Bonchev–Trinajstić information content (AvgIpc) is 2.27. The zero-order valence-electron chi connectivity index (χ0n) is 10.4. The summed E-state index contributed by atoms with van der Waals surface area (Å²) in [6.45, 7) is 0.861. The minimum absolute atomic E-state index is 0.119. The number of amides is 2. The highest BCUT2D eigenvalue weighted by Gasteiger charge is 2.33. The smallest absolute Gasteiger partial charge is 0.401 e. The minimum Gasteiger partial charge on any atom is -0.480 e. The fourth-order valence-corrected chi connectivity index (χ4v) is 1.70. The zero-order chi connectivity index (χ0) is 14.6. The second-order valence-electron chi connectivity index (χ2n) is 4.39. The number of rotatable bonds is 3. The van der Waals surface area contributed by atoms with Gasteiger partial charge in [-0.25, -0.2) is 4.79 Å². The van der Waals surface area contributed by atoms with Gasteiger partial charge in [0.2, 0.25) is 0 Å². The monoisotopic (exact) mass is 283 g/mol. The van der Waals surface area contributed by atoms with Crippen LogP contribution in [0.4, 0.5) is 18.0 Å². The van der Waals surface area contributed by atoms with E-state index in [4.69, 9.17) is 5.11 Å². The van der Waals surface area contributed by atoms with E-state index in [2.05, 4.69) is 5.32 Å². The van der Waals surface area contributed by atoms with E-state index in [1.54, 1.807) is 0 Å². The Morgan fingerprint density at radius 2 is 1.79 bits per heavy atom. The second-order valence-corrected chi connectivity index (χ2v) is 4.39. The maximum absolute atomic E-state index is 12.2. The molecule has 0 unspecified atom stereocenters. The predicted molar refractivity (Wildman–Crippen MR) is 59.7 cm³/mol. The zero-order valence-corrected chi connectivity index (χ0v) is 10.4. The number of nitrogens with zero attached hydrogens (tertiary/aromatic N) is 2. The number of carbonyl (C=O) groups excluding carboxylic acids is 1. The summed E-state index contributed by atoms with van der Waals surface area (Å²) < 4.78 is 36.5. The number of hydrogen-bond donors (Lipinski definition) is 2. The van der Waals surface area contributed by atoms with E-state index in [0.717, 1.165) is 0 Å². The van der Waals surface area contributed by atoms with Crippen molar-refractivity contribution >= 4 is 12.0 Å². The number of nitrogens with one attached hydrogen (secondary N) is 1. The van der Waals surface area contributed by atoms with Crippen LogP contribution in [0.25, 0.3) is 0 Å². The Hall–Kier alpha value is -1.51. The van der Waals surface area contributed by atoms with Gasteiger partial charge in [0.25, 0.3) is 0 Å². The second kappa shape index (κ2) is 6.09. The molecule has 19 heavy (non-hydrogen) atoms. The lowest BCUT2D eigenvalue weighted by molar-refractivity contribution is -0.148. The van der Waals surface area contributed by atoms with E-state index in [9.17, 15) is 22.8 Å². The summed E-state index contributed by atoms with van der Waals surface area (Å²) >= 11 is 0. The third-order valence-corrected chi connectivity index (χ3v) is 2.77. The molecule has 1 fully saturated rings. The van der Waals surface area contributed by atoms with Gasteiger partial charge in [-0.3, -0.25) is 9.69 Å². The van der Waals surface area contributed by atoms with Crippen molar-refractivity contribution in [1.82, 2.24) is 15.1 Å². The first kappa shape index (κ1) is 15.5. The Morgan fingerprint density at radius 1 is 1.26 bits per heavy atom. The van der Waals surface area contributed by atoms with Crippen LogP contribution in [-0.4, -0.2) is 71.8 Å². The van der Waals surface area contributed by atoms with E-state index >= 15 is 0 Å². The highest BCUT2D eigenvalue weighted by atomic mass is 19.4. The van der Waals surface area contributed by atoms with Crippen molar-refractivity contribution in [2.45, 2.75) is 19.1 Å². The van der Waals surface area contributed by atoms with E-state index in [0.29, 0.717) is 0 Å². The molecule has 2 amide bonds. The molecule has 1 saturated heterocycles. The molecule has 6 nitrogen and oxygen atoms in total. The molecule has 0 aromatic heterocycles. The van der Waals surface area contributed by atoms with Crippen LogP contribution in [-0.2, 0) is 4.79 Å². The molecule has 1 heterocycles. The minimum atomic E-state index is -4.25. The number of carboxylic acids is 1. The van der Waals surface area contributed by atoms with Gasteiger partial charge in [-0.05, 0) is 6.92 Å². The third-order valence-electron chi connectivity index (χ3n) is 2.77. The fraction of sp³-hybridized carbons (Fsp3) is 0.800. The van der Waals surface area contributed by atoms with Crippen LogP contribution in [0.1, 0.15) is 6.92 Å². The van der Waals surface area contributed by atoms with Gasteiger partial charge in [0.05, 0.1) is 6.54 Å². The lowest BCUT2D eigenvalue weighted by Crippen LogP contribution is -2.55. The van der Waals surface area contributed by atoms with Crippen LogP contribution in [0.5, 0.6) is 0 Å². The Balaban J connectivity index is 2.37. The SMILES string of the molecule is C[C@H](NC(=O)N1CCN(CC(F)(F)F)CC1)C(=O)O. The van der Waals surface area contributed by atoms with Gasteiger partial charge in [0.1, 0.15) is 6.04 Å². The maximum atomic E-state index is 12.2. The Kier molecular flexibility index (Phi) is 4.98. The number of piperazine rings is 1. The predicted octanol–water partition coefficient (Wildman–Crippen LogP) is 0.349. The molecule has 1 aliphatic rings. The lowest BCUT2D eigenvalue weighted by atomic mass is 10.3. The molecular weight excluding hydrogens is 267 g/mol. The summed E-state index contributed by atoms with van der Waals surface area (Å²) in [7, 11) is 0. The van der Waals surface area contributed by atoms with Crippen molar-refractivity contribution in [3.8, 4) is 0 Å². The number of halogens is 3. The Labute approximate surface area is 108 Å². The first-order valence-corrected chi connectivity index (χ1v) is 5.76. The molecule has 0 saturated carbocycles. The van der Waals surface area contributed by atoms with E-state index in [-0.39, 0.29) is 26.2 Å². The third kappa shape index (κ3) is 5.33. The van der Waals surface area contributed by atoms with Crippen LogP contribution in [0.3, 0.4) is 0 Å². The fourth-order valence-electron chi connectivity index (χ4n) is 1.70. The quantitative estimate of drug-likeness (QED) is 0.784. The van der Waals surface area contributed by atoms with Crippen LogP contribution >= 0.6 is 0 Å². The number of carboxylic acid groups (broad SMARTS) is 1. The average molecular weight is 283 g/mol. The number of carbonyl (C=O) groups is 2. The standard InChI is InChI=1S/C10H16F3N3O3/c1-7(8(17)18)14-9(19)16-4-2-15(3-5-16)6-10(11,12)13/h7H,2-6H2,1H3,(H,14,19)(H,17,18)/t7-/m0/s1. The summed E-state index contributed by atoms with van der Waals surface area (Å²) in [5.74, 6) is -1.16. The number of urea groups is 1. The largest absolute Gasteiger partial charge is 0.480 e. The van der Waals surface area contributed by atoms with Crippen LogP contribution in [0.15, 0.2) is 0 Å². The molecule has 0 radical (unpaired) electrons. The van der Waals surface area contributed by atoms with Crippen molar-refractivity contribution in [3.05, 3.63) is 0 Å². The molecule has 0 aromatic carbocycles. The van der Waals surface area contributed by atoms with Gasteiger partial charge >= 0.3 is 18.2 Å². The molecule has 1 rings (SSSR count). The molecular formula is C10H16F3N3O3. The Morgan fingerprint density at radius 3 is 2.21 bits per heavy atom. The molecule has 110 valence electrons. The van der Waals surface area contributed by atoms with E-state index in [1.165, 1.54) is 16.7 Å². The van der Waals surface area contributed by atoms with Crippen molar-refractivity contribution in [2.75, 3.05) is 32.7 Å².